The molecule has 0 spiro atoms. The van der Waals surface area contributed by atoms with E-state index in [0.717, 1.165) is 24.0 Å². The van der Waals surface area contributed by atoms with Crippen molar-refractivity contribution < 1.29 is 4.79 Å². The maximum atomic E-state index is 12.7. The van der Waals surface area contributed by atoms with Crippen LogP contribution in [0.1, 0.15) is 39.2 Å². The van der Waals surface area contributed by atoms with Crippen molar-refractivity contribution in [3.8, 4) is 0 Å². The molecule has 1 aromatic carbocycles. The van der Waals surface area contributed by atoms with E-state index in [-0.39, 0.29) is 5.92 Å². The fourth-order valence-corrected chi connectivity index (χ4v) is 3.07. The van der Waals surface area contributed by atoms with Gasteiger partial charge in [0, 0.05) is 25.7 Å². The van der Waals surface area contributed by atoms with E-state index in [2.05, 4.69) is 56.0 Å². The SMILES string of the molecule is CC1CCC(C(C)C)C(=O)C1=Cc1ccc(N(C)C)cc1. The van der Waals surface area contributed by atoms with Crippen molar-refractivity contribution >= 4 is 17.5 Å². The fraction of sp³-hybridized carbons (Fsp3) is 0.526. The molecule has 2 unspecified atom stereocenters. The van der Waals surface area contributed by atoms with Crippen LogP contribution in [0.3, 0.4) is 0 Å². The van der Waals surface area contributed by atoms with Crippen molar-refractivity contribution in [2.24, 2.45) is 17.8 Å². The molecule has 2 atom stereocenters. The lowest BCUT2D eigenvalue weighted by molar-refractivity contribution is -0.122. The Bertz CT molecular complexity index is 525. The Kier molecular flexibility index (Phi) is 4.87. The lowest BCUT2D eigenvalue weighted by Gasteiger charge is -2.30. The van der Waals surface area contributed by atoms with Crippen LogP contribution in [0.4, 0.5) is 5.69 Å². The number of hydrogen-bond donors (Lipinski definition) is 0. The number of benzene rings is 1. The monoisotopic (exact) mass is 285 g/mol. The Morgan fingerprint density at radius 1 is 1.14 bits per heavy atom. The highest BCUT2D eigenvalue weighted by Crippen LogP contribution is 2.35. The average Bonchev–Trinajstić information content (AvgIpc) is 2.43. The van der Waals surface area contributed by atoms with E-state index >= 15 is 0 Å². The van der Waals surface area contributed by atoms with E-state index in [1.807, 2.05) is 14.1 Å². The average molecular weight is 285 g/mol. The molecule has 0 aromatic heterocycles. The summed E-state index contributed by atoms with van der Waals surface area (Å²) in [5.74, 6) is 1.37. The first-order chi connectivity index (χ1) is 9.90. The molecule has 1 aliphatic carbocycles. The van der Waals surface area contributed by atoms with Crippen molar-refractivity contribution in [2.45, 2.75) is 33.6 Å². The van der Waals surface area contributed by atoms with Gasteiger partial charge in [0.2, 0.25) is 0 Å². The van der Waals surface area contributed by atoms with Crippen LogP contribution in [0.15, 0.2) is 29.8 Å². The summed E-state index contributed by atoms with van der Waals surface area (Å²) in [7, 11) is 4.07. The van der Waals surface area contributed by atoms with Crippen LogP contribution >= 0.6 is 0 Å². The third-order valence-corrected chi connectivity index (χ3v) is 4.60. The Hall–Kier alpha value is -1.57. The molecule has 2 heteroatoms. The smallest absolute Gasteiger partial charge is 0.162 e. The third kappa shape index (κ3) is 3.55. The number of rotatable bonds is 3. The van der Waals surface area contributed by atoms with E-state index in [1.54, 1.807) is 0 Å². The summed E-state index contributed by atoms with van der Waals surface area (Å²) in [5, 5.41) is 0. The second-order valence-electron chi connectivity index (χ2n) is 6.78. The minimum Gasteiger partial charge on any atom is -0.378 e. The van der Waals surface area contributed by atoms with E-state index in [4.69, 9.17) is 0 Å². The Morgan fingerprint density at radius 2 is 1.76 bits per heavy atom. The molecule has 0 heterocycles. The van der Waals surface area contributed by atoms with Crippen LogP contribution in [0.5, 0.6) is 0 Å². The van der Waals surface area contributed by atoms with Crippen molar-refractivity contribution in [1.82, 2.24) is 0 Å². The summed E-state index contributed by atoms with van der Waals surface area (Å²) in [6, 6.07) is 8.40. The predicted octanol–water partition coefficient (Wildman–Crippen LogP) is 4.41. The number of ketones is 1. The van der Waals surface area contributed by atoms with E-state index < -0.39 is 0 Å². The van der Waals surface area contributed by atoms with Crippen molar-refractivity contribution in [3.05, 3.63) is 35.4 Å². The number of hydrogen-bond acceptors (Lipinski definition) is 2. The zero-order valence-corrected chi connectivity index (χ0v) is 13.9. The Morgan fingerprint density at radius 3 is 2.29 bits per heavy atom. The van der Waals surface area contributed by atoms with Crippen LogP contribution in [0, 0.1) is 17.8 Å². The first-order valence-corrected chi connectivity index (χ1v) is 7.93. The molecule has 2 nitrogen and oxygen atoms in total. The van der Waals surface area contributed by atoms with Gasteiger partial charge < -0.3 is 4.90 Å². The van der Waals surface area contributed by atoms with E-state index in [1.165, 1.54) is 5.69 Å². The highest BCUT2D eigenvalue weighted by molar-refractivity contribution is 6.02. The third-order valence-electron chi connectivity index (χ3n) is 4.60. The minimum atomic E-state index is 0.202. The molecular formula is C19H27NO. The summed E-state index contributed by atoms with van der Waals surface area (Å²) in [6.07, 6.45) is 4.26. The van der Waals surface area contributed by atoms with Gasteiger partial charge in [-0.3, -0.25) is 4.79 Å². The molecule has 0 N–H and O–H groups in total. The highest BCUT2D eigenvalue weighted by Gasteiger charge is 2.32. The fourth-order valence-electron chi connectivity index (χ4n) is 3.07. The largest absolute Gasteiger partial charge is 0.378 e. The molecule has 1 aliphatic rings. The van der Waals surface area contributed by atoms with Crippen LogP contribution in [-0.2, 0) is 4.79 Å². The summed E-state index contributed by atoms with van der Waals surface area (Å²) >= 11 is 0. The molecule has 1 aromatic rings. The number of Topliss-reactive ketones (excluding diaryl/α,β-unsaturated/α-hetero) is 1. The van der Waals surface area contributed by atoms with Crippen LogP contribution in [0.2, 0.25) is 0 Å². The molecular weight excluding hydrogens is 258 g/mol. The van der Waals surface area contributed by atoms with Gasteiger partial charge in [0.25, 0.3) is 0 Å². The van der Waals surface area contributed by atoms with Gasteiger partial charge in [-0.15, -0.1) is 0 Å². The van der Waals surface area contributed by atoms with Crippen molar-refractivity contribution in [2.75, 3.05) is 19.0 Å². The van der Waals surface area contributed by atoms with Gasteiger partial charge in [-0.2, -0.15) is 0 Å². The summed E-state index contributed by atoms with van der Waals surface area (Å²) < 4.78 is 0. The normalized spacial score (nSPS) is 24.7. The Balaban J connectivity index is 2.26. The first-order valence-electron chi connectivity index (χ1n) is 7.93. The lowest BCUT2D eigenvalue weighted by Crippen LogP contribution is -2.30. The van der Waals surface area contributed by atoms with Gasteiger partial charge in [-0.1, -0.05) is 32.9 Å². The molecule has 0 saturated heterocycles. The Labute approximate surface area is 128 Å². The second kappa shape index (κ2) is 6.46. The van der Waals surface area contributed by atoms with Gasteiger partial charge in [-0.25, -0.2) is 0 Å². The topological polar surface area (TPSA) is 20.3 Å². The number of allylic oxidation sites excluding steroid dienone is 1. The lowest BCUT2D eigenvalue weighted by atomic mass is 9.73. The number of carbonyl (C=O) groups excluding carboxylic acids is 1. The number of anilines is 1. The van der Waals surface area contributed by atoms with Gasteiger partial charge in [0.05, 0.1) is 0 Å². The first kappa shape index (κ1) is 15.8. The van der Waals surface area contributed by atoms with Gasteiger partial charge in [0.1, 0.15) is 0 Å². The maximum Gasteiger partial charge on any atom is 0.162 e. The van der Waals surface area contributed by atoms with Gasteiger partial charge in [-0.05, 0) is 54.0 Å². The number of carbonyl (C=O) groups is 1. The summed E-state index contributed by atoms with van der Waals surface area (Å²) in [5.41, 5.74) is 3.32. The molecule has 114 valence electrons. The van der Waals surface area contributed by atoms with Gasteiger partial charge in [0.15, 0.2) is 5.78 Å². The molecule has 0 amide bonds. The molecule has 1 fully saturated rings. The molecule has 1 saturated carbocycles. The standard InChI is InChI=1S/C19H27NO/c1-13(2)17-11-6-14(3)18(19(17)21)12-15-7-9-16(10-8-15)20(4)5/h7-10,12-14,17H,6,11H2,1-5H3. The molecule has 0 bridgehead atoms. The molecule has 2 rings (SSSR count). The zero-order chi connectivity index (χ0) is 15.6. The maximum absolute atomic E-state index is 12.7. The van der Waals surface area contributed by atoms with Gasteiger partial charge >= 0.3 is 0 Å². The van der Waals surface area contributed by atoms with E-state index in [9.17, 15) is 4.79 Å². The highest BCUT2D eigenvalue weighted by atomic mass is 16.1. The second-order valence-corrected chi connectivity index (χ2v) is 6.78. The van der Waals surface area contributed by atoms with Crippen LogP contribution < -0.4 is 4.90 Å². The van der Waals surface area contributed by atoms with Crippen molar-refractivity contribution in [1.29, 1.82) is 0 Å². The molecule has 21 heavy (non-hydrogen) atoms. The summed E-state index contributed by atoms with van der Waals surface area (Å²) in [6.45, 7) is 6.48. The predicted molar refractivity (Wildman–Crippen MR) is 90.5 cm³/mol. The molecule has 0 radical (unpaired) electrons. The summed E-state index contributed by atoms with van der Waals surface area (Å²) in [4.78, 5) is 14.8. The number of nitrogens with zero attached hydrogens (tertiary/aromatic N) is 1. The molecule has 0 aliphatic heterocycles. The minimum absolute atomic E-state index is 0.202. The van der Waals surface area contributed by atoms with Crippen LogP contribution in [-0.4, -0.2) is 19.9 Å². The van der Waals surface area contributed by atoms with E-state index in [0.29, 0.717) is 17.6 Å². The van der Waals surface area contributed by atoms with Crippen LogP contribution in [0.25, 0.3) is 6.08 Å². The van der Waals surface area contributed by atoms with Crippen molar-refractivity contribution in [3.63, 3.8) is 0 Å². The quantitative estimate of drug-likeness (QED) is 0.767. The zero-order valence-electron chi connectivity index (χ0n) is 13.9.